The largest absolute Gasteiger partial charge is 0.302 e. The van der Waals surface area contributed by atoms with Gasteiger partial charge in [-0.3, -0.25) is 4.79 Å². The van der Waals surface area contributed by atoms with E-state index in [9.17, 15) is 9.18 Å². The van der Waals surface area contributed by atoms with Gasteiger partial charge in [-0.05, 0) is 44.9 Å². The molecule has 1 N–H and O–H groups in total. The molecule has 0 fully saturated rings. The topological polar surface area (TPSA) is 29.1 Å². The van der Waals surface area contributed by atoms with Gasteiger partial charge in [0.1, 0.15) is 5.82 Å². The average Bonchev–Trinajstić information content (AvgIpc) is 2.46. The van der Waals surface area contributed by atoms with Gasteiger partial charge < -0.3 is 5.32 Å². The summed E-state index contributed by atoms with van der Waals surface area (Å²) < 4.78 is 13.2. The number of halogens is 1. The summed E-state index contributed by atoms with van der Waals surface area (Å²) >= 11 is 0. The van der Waals surface area contributed by atoms with E-state index in [1.807, 2.05) is 25.1 Å². The second kappa shape index (κ2) is 6.84. The van der Waals surface area contributed by atoms with Gasteiger partial charge in [0.15, 0.2) is 5.78 Å². The molecule has 0 aliphatic rings. The summed E-state index contributed by atoms with van der Waals surface area (Å²) in [6.45, 7) is 5.95. The molecule has 0 aliphatic heterocycles. The molecule has 22 heavy (non-hydrogen) atoms. The van der Waals surface area contributed by atoms with Gasteiger partial charge in [-0.25, -0.2) is 4.39 Å². The van der Waals surface area contributed by atoms with Crippen LogP contribution in [0.5, 0.6) is 0 Å². The van der Waals surface area contributed by atoms with Crippen molar-refractivity contribution in [2.75, 3.05) is 0 Å². The highest BCUT2D eigenvalue weighted by Gasteiger charge is 2.24. The minimum absolute atomic E-state index is 0.0966. The number of nitrogens with one attached hydrogen (secondary N) is 1. The average molecular weight is 299 g/mol. The molecule has 0 aromatic heterocycles. The molecule has 0 heterocycles. The third-order valence-electron chi connectivity index (χ3n) is 3.60. The molecule has 0 radical (unpaired) electrons. The van der Waals surface area contributed by atoms with E-state index >= 15 is 0 Å². The first-order valence-electron chi connectivity index (χ1n) is 7.49. The minimum atomic E-state index is -0.387. The normalized spacial score (nSPS) is 12.9. The van der Waals surface area contributed by atoms with Crippen molar-refractivity contribution < 1.29 is 9.18 Å². The van der Waals surface area contributed by atoms with E-state index in [1.165, 1.54) is 17.7 Å². The van der Waals surface area contributed by atoms with Crippen molar-refractivity contribution in [2.45, 2.75) is 38.8 Å². The number of benzene rings is 2. The monoisotopic (exact) mass is 299 g/mol. The summed E-state index contributed by atoms with van der Waals surface area (Å²) in [5.41, 5.74) is 1.38. The Morgan fingerprint density at radius 2 is 1.82 bits per heavy atom. The molecule has 0 amide bonds. The maximum Gasteiger partial charge on any atom is 0.179 e. The zero-order valence-corrected chi connectivity index (χ0v) is 13.3. The Balaban J connectivity index is 2.03. The van der Waals surface area contributed by atoms with Gasteiger partial charge in [0.05, 0.1) is 6.04 Å². The Morgan fingerprint density at radius 1 is 1.14 bits per heavy atom. The van der Waals surface area contributed by atoms with Crippen LogP contribution in [0.4, 0.5) is 4.39 Å². The molecule has 0 aliphatic carbocycles. The van der Waals surface area contributed by atoms with E-state index in [2.05, 4.69) is 31.3 Å². The van der Waals surface area contributed by atoms with Crippen LogP contribution in [0, 0.1) is 5.82 Å². The molecule has 3 heteroatoms. The number of ketones is 1. The highest BCUT2D eigenvalue weighted by Crippen LogP contribution is 2.15. The number of rotatable bonds is 6. The fourth-order valence-electron chi connectivity index (χ4n) is 2.70. The van der Waals surface area contributed by atoms with Crippen LogP contribution in [0.15, 0.2) is 54.6 Å². The summed E-state index contributed by atoms with van der Waals surface area (Å²) in [5.74, 6) is -0.484. The quantitative estimate of drug-likeness (QED) is 0.817. The van der Waals surface area contributed by atoms with Crippen LogP contribution in [-0.2, 0) is 6.42 Å². The molecule has 2 aromatic rings. The lowest BCUT2D eigenvalue weighted by Crippen LogP contribution is -2.49. The molecular weight excluding hydrogens is 277 g/mol. The van der Waals surface area contributed by atoms with Crippen molar-refractivity contribution in [1.29, 1.82) is 0 Å². The van der Waals surface area contributed by atoms with Crippen molar-refractivity contribution in [3.63, 3.8) is 0 Å². The second-order valence-electron chi connectivity index (χ2n) is 6.29. The van der Waals surface area contributed by atoms with E-state index in [0.29, 0.717) is 5.56 Å². The van der Waals surface area contributed by atoms with Crippen LogP contribution in [-0.4, -0.2) is 17.4 Å². The van der Waals surface area contributed by atoms with Crippen molar-refractivity contribution in [3.8, 4) is 0 Å². The van der Waals surface area contributed by atoms with Crippen LogP contribution in [0.2, 0.25) is 0 Å². The van der Waals surface area contributed by atoms with Crippen molar-refractivity contribution in [3.05, 3.63) is 71.5 Å². The van der Waals surface area contributed by atoms with Gasteiger partial charge in [0.25, 0.3) is 0 Å². The molecule has 1 atom stereocenters. The van der Waals surface area contributed by atoms with Crippen LogP contribution in [0.25, 0.3) is 0 Å². The molecule has 2 nitrogen and oxygen atoms in total. The fourth-order valence-corrected chi connectivity index (χ4v) is 2.70. The van der Waals surface area contributed by atoms with E-state index in [4.69, 9.17) is 0 Å². The van der Waals surface area contributed by atoms with Gasteiger partial charge >= 0.3 is 0 Å². The SMILES string of the molecule is CC(NC(C)(C)Cc1ccccc1)C(=O)c1cccc(F)c1. The van der Waals surface area contributed by atoms with Crippen LogP contribution >= 0.6 is 0 Å². The third kappa shape index (κ3) is 4.50. The molecule has 0 spiro atoms. The Labute approximate surface area is 131 Å². The predicted molar refractivity (Wildman–Crippen MR) is 87.6 cm³/mol. The van der Waals surface area contributed by atoms with Crippen molar-refractivity contribution in [1.82, 2.24) is 5.32 Å². The second-order valence-corrected chi connectivity index (χ2v) is 6.29. The van der Waals surface area contributed by atoms with Gasteiger partial charge in [-0.2, -0.15) is 0 Å². The van der Waals surface area contributed by atoms with Gasteiger partial charge in [0, 0.05) is 11.1 Å². The maximum atomic E-state index is 13.2. The standard InChI is InChI=1S/C19H22FNO/c1-14(18(22)16-10-7-11-17(20)12-16)21-19(2,3)13-15-8-5-4-6-9-15/h4-12,14,21H,13H2,1-3H3. The molecular formula is C19H22FNO. The summed E-state index contributed by atoms with van der Waals surface area (Å²) in [5, 5.41) is 3.35. The lowest BCUT2D eigenvalue weighted by Gasteiger charge is -2.30. The summed E-state index contributed by atoms with van der Waals surface area (Å²) in [4.78, 5) is 12.4. The number of hydrogen-bond donors (Lipinski definition) is 1. The molecule has 0 saturated heterocycles. The Morgan fingerprint density at radius 3 is 2.45 bits per heavy atom. The summed E-state index contributed by atoms with van der Waals surface area (Å²) in [6, 6.07) is 15.6. The highest BCUT2D eigenvalue weighted by molar-refractivity contribution is 5.99. The number of hydrogen-bond acceptors (Lipinski definition) is 2. The van der Waals surface area contributed by atoms with Crippen molar-refractivity contribution >= 4 is 5.78 Å². The maximum absolute atomic E-state index is 13.2. The first kappa shape index (κ1) is 16.4. The lowest BCUT2D eigenvalue weighted by molar-refractivity contribution is 0.0932. The smallest absolute Gasteiger partial charge is 0.179 e. The van der Waals surface area contributed by atoms with E-state index in [1.54, 1.807) is 12.1 Å². The van der Waals surface area contributed by atoms with Crippen LogP contribution in [0.1, 0.15) is 36.7 Å². The molecule has 116 valence electrons. The van der Waals surface area contributed by atoms with E-state index < -0.39 is 0 Å². The first-order chi connectivity index (χ1) is 10.4. The summed E-state index contributed by atoms with van der Waals surface area (Å²) in [6.07, 6.45) is 0.814. The van der Waals surface area contributed by atoms with E-state index in [0.717, 1.165) is 6.42 Å². The van der Waals surface area contributed by atoms with Gasteiger partial charge in [-0.15, -0.1) is 0 Å². The zero-order chi connectivity index (χ0) is 16.2. The zero-order valence-electron chi connectivity index (χ0n) is 13.3. The number of carbonyl (C=O) groups is 1. The molecule has 2 rings (SSSR count). The number of carbonyl (C=O) groups excluding carboxylic acids is 1. The molecule has 0 bridgehead atoms. The Hall–Kier alpha value is -2.00. The number of Topliss-reactive ketones (excluding diaryl/α,β-unsaturated/α-hetero) is 1. The lowest BCUT2D eigenvalue weighted by atomic mass is 9.93. The Kier molecular flexibility index (Phi) is 5.09. The molecule has 1 unspecified atom stereocenters. The predicted octanol–water partition coefficient (Wildman–Crippen LogP) is 4.01. The van der Waals surface area contributed by atoms with Crippen LogP contribution in [0.3, 0.4) is 0 Å². The first-order valence-corrected chi connectivity index (χ1v) is 7.49. The summed E-state index contributed by atoms with van der Waals surface area (Å²) in [7, 11) is 0. The molecule has 2 aromatic carbocycles. The highest BCUT2D eigenvalue weighted by atomic mass is 19.1. The van der Waals surface area contributed by atoms with Gasteiger partial charge in [0.2, 0.25) is 0 Å². The fraction of sp³-hybridized carbons (Fsp3) is 0.316. The van der Waals surface area contributed by atoms with Gasteiger partial charge in [-0.1, -0.05) is 42.5 Å². The van der Waals surface area contributed by atoms with Crippen molar-refractivity contribution in [2.24, 2.45) is 0 Å². The third-order valence-corrected chi connectivity index (χ3v) is 3.60. The van der Waals surface area contributed by atoms with E-state index in [-0.39, 0.29) is 23.2 Å². The minimum Gasteiger partial charge on any atom is -0.302 e. The van der Waals surface area contributed by atoms with Crippen LogP contribution < -0.4 is 5.32 Å². The molecule has 0 saturated carbocycles. The Bertz CT molecular complexity index is 637.